The third-order valence-corrected chi connectivity index (χ3v) is 8.81. The molecule has 41 heavy (non-hydrogen) atoms. The minimum absolute atomic E-state index is 0.0960. The Hall–Kier alpha value is -3.77. The number of amides is 2. The predicted molar refractivity (Wildman–Crippen MR) is 151 cm³/mol. The van der Waals surface area contributed by atoms with Gasteiger partial charge in [0.1, 0.15) is 36.1 Å². The molecule has 0 unspecified atom stereocenters. The molecule has 0 spiro atoms. The van der Waals surface area contributed by atoms with E-state index < -0.39 is 46.1 Å². The van der Waals surface area contributed by atoms with Crippen molar-refractivity contribution in [3.63, 3.8) is 0 Å². The predicted octanol–water partition coefficient (Wildman–Crippen LogP) is 0.127. The normalized spacial score (nSPS) is 18.9. The monoisotopic (exact) mass is 622 g/mol. The van der Waals surface area contributed by atoms with Gasteiger partial charge in [-0.05, 0) is 26.3 Å². The van der Waals surface area contributed by atoms with E-state index in [0.717, 1.165) is 29.3 Å². The summed E-state index contributed by atoms with van der Waals surface area (Å²) in [7, 11) is 2.87. The molecular formula is C23H26N8O7S3. The molecule has 3 N–H and O–H groups in total. The lowest BCUT2D eigenvalue weighted by Gasteiger charge is -2.49. The highest BCUT2D eigenvalue weighted by molar-refractivity contribution is 8.01. The standard InChI is InChI=1S/C23H26N8O7S3/c1-23(2,3)20(36)38-19(35)15-10(8-41-22-27-12(32)6-25-30(22)4)7-39-18-14(17(34)31(15)18)28-16(33)13(29-37-5)11-9-40-21(24)26-11/h6,9,14,18H,7-8H2,1-5H3,(H2,24,26)(H,28,33)/t14-,18-/m1/s1. The van der Waals surface area contributed by atoms with Crippen molar-refractivity contribution in [2.75, 3.05) is 24.3 Å². The number of nitrogen functional groups attached to an aromatic ring is 1. The molecule has 2 aromatic heterocycles. The number of nitrogens with one attached hydrogen (secondary N) is 1. The summed E-state index contributed by atoms with van der Waals surface area (Å²) in [6, 6.07) is -1.01. The van der Waals surface area contributed by atoms with Crippen LogP contribution in [0.5, 0.6) is 0 Å². The van der Waals surface area contributed by atoms with E-state index in [0.29, 0.717) is 10.7 Å². The number of anilines is 1. The van der Waals surface area contributed by atoms with Crippen LogP contribution in [0.2, 0.25) is 0 Å². The molecule has 2 aliphatic heterocycles. The van der Waals surface area contributed by atoms with E-state index in [9.17, 15) is 24.0 Å². The van der Waals surface area contributed by atoms with Crippen molar-refractivity contribution in [1.29, 1.82) is 0 Å². The van der Waals surface area contributed by atoms with Gasteiger partial charge < -0.3 is 20.6 Å². The van der Waals surface area contributed by atoms with Gasteiger partial charge in [0.25, 0.3) is 17.4 Å². The summed E-state index contributed by atoms with van der Waals surface area (Å²) in [6.07, 6.45) is 1.07. The van der Waals surface area contributed by atoms with E-state index in [4.69, 9.17) is 15.3 Å². The lowest BCUT2D eigenvalue weighted by atomic mass is 9.97. The molecule has 0 aliphatic carbocycles. The Balaban J connectivity index is 1.59. The summed E-state index contributed by atoms with van der Waals surface area (Å²) in [5.74, 6) is -2.66. The second kappa shape index (κ2) is 12.0. The first-order valence-corrected chi connectivity index (χ1v) is 14.8. The molecule has 1 fully saturated rings. The number of thioether (sulfide) groups is 2. The number of rotatable bonds is 8. The molecular weight excluding hydrogens is 597 g/mol. The van der Waals surface area contributed by atoms with Gasteiger partial charge >= 0.3 is 11.9 Å². The van der Waals surface area contributed by atoms with Crippen LogP contribution in [0.4, 0.5) is 5.13 Å². The van der Waals surface area contributed by atoms with Crippen LogP contribution in [0.25, 0.3) is 0 Å². The van der Waals surface area contributed by atoms with Crippen molar-refractivity contribution in [3.8, 4) is 0 Å². The number of nitrogens with zero attached hydrogens (tertiary/aromatic N) is 6. The van der Waals surface area contributed by atoms with Crippen molar-refractivity contribution in [2.24, 2.45) is 17.6 Å². The van der Waals surface area contributed by atoms with Crippen LogP contribution in [0, 0.1) is 5.41 Å². The molecule has 15 nitrogen and oxygen atoms in total. The smallest absolute Gasteiger partial charge is 0.362 e. The van der Waals surface area contributed by atoms with Crippen LogP contribution in [-0.2, 0) is 35.8 Å². The number of aromatic nitrogens is 4. The Morgan fingerprint density at radius 3 is 2.63 bits per heavy atom. The Bertz CT molecular complexity index is 1530. The minimum atomic E-state index is -1.01. The summed E-state index contributed by atoms with van der Waals surface area (Å²) < 4.78 is 6.56. The average molecular weight is 623 g/mol. The van der Waals surface area contributed by atoms with Gasteiger partial charge in [0, 0.05) is 23.9 Å². The van der Waals surface area contributed by atoms with Crippen LogP contribution >= 0.6 is 34.9 Å². The first-order valence-electron chi connectivity index (χ1n) is 11.9. The fourth-order valence-corrected chi connectivity index (χ4v) is 6.58. The number of ether oxygens (including phenoxy) is 1. The van der Waals surface area contributed by atoms with Crippen molar-refractivity contribution in [2.45, 2.75) is 37.3 Å². The fourth-order valence-electron chi connectivity index (χ4n) is 3.63. The Morgan fingerprint density at radius 2 is 2.00 bits per heavy atom. The molecule has 0 bridgehead atoms. The Morgan fingerprint density at radius 1 is 1.27 bits per heavy atom. The molecule has 0 radical (unpaired) electrons. The maximum atomic E-state index is 13.4. The highest BCUT2D eigenvalue weighted by Gasteiger charge is 2.55. The molecule has 18 heteroatoms. The number of nitrogens with two attached hydrogens (primary N) is 1. The SMILES string of the molecule is CON=C(C(=O)N[C@@H]1C(=O)N2C(C(=O)OC(=O)C(C)(C)C)=C(CSc3nc(=O)cnn3C)CS[C@H]12)c1csc(N)n1. The molecule has 4 heterocycles. The molecule has 1 saturated heterocycles. The highest BCUT2D eigenvalue weighted by atomic mass is 32.2. The van der Waals surface area contributed by atoms with Crippen molar-refractivity contribution in [1.82, 2.24) is 30.0 Å². The second-order valence-corrected chi connectivity index (χ2v) is 12.7. The third-order valence-electron chi connectivity index (χ3n) is 5.69. The van der Waals surface area contributed by atoms with Crippen LogP contribution in [0.1, 0.15) is 26.5 Å². The van der Waals surface area contributed by atoms with E-state index in [1.54, 1.807) is 27.8 Å². The Kier molecular flexibility index (Phi) is 8.83. The molecule has 4 rings (SSSR count). The van der Waals surface area contributed by atoms with E-state index in [-0.39, 0.29) is 33.7 Å². The number of aryl methyl sites for hydroxylation is 1. The zero-order valence-corrected chi connectivity index (χ0v) is 25.0. The van der Waals surface area contributed by atoms with Crippen LogP contribution in [-0.4, -0.2) is 84.1 Å². The van der Waals surface area contributed by atoms with Gasteiger partial charge in [-0.2, -0.15) is 10.1 Å². The number of fused-ring (bicyclic) bond motifs is 1. The van der Waals surface area contributed by atoms with Gasteiger partial charge in [-0.15, -0.1) is 23.1 Å². The van der Waals surface area contributed by atoms with Crippen molar-refractivity contribution >= 4 is 69.5 Å². The quantitative estimate of drug-likeness (QED) is 0.101. The van der Waals surface area contributed by atoms with Gasteiger partial charge in [0.2, 0.25) is 0 Å². The average Bonchev–Trinajstić information content (AvgIpc) is 3.35. The summed E-state index contributed by atoms with van der Waals surface area (Å²) in [6.45, 7) is 4.78. The summed E-state index contributed by atoms with van der Waals surface area (Å²) in [5.41, 5.74) is 4.56. The molecule has 2 atom stereocenters. The molecule has 218 valence electrons. The molecule has 2 amide bonds. The van der Waals surface area contributed by atoms with Crippen LogP contribution in [0.3, 0.4) is 0 Å². The number of hydrogen-bond acceptors (Lipinski definition) is 15. The number of hydrogen-bond donors (Lipinski definition) is 2. The number of carbonyl (C=O) groups is 4. The van der Waals surface area contributed by atoms with Gasteiger partial charge in [-0.3, -0.25) is 24.1 Å². The topological polar surface area (TPSA) is 201 Å². The highest BCUT2D eigenvalue weighted by Crippen LogP contribution is 2.42. The first-order chi connectivity index (χ1) is 19.3. The van der Waals surface area contributed by atoms with E-state index in [1.807, 2.05) is 0 Å². The second-order valence-electron chi connectivity index (χ2n) is 9.72. The number of thiazole rings is 1. The summed E-state index contributed by atoms with van der Waals surface area (Å²) in [5, 5.41) is 11.7. The van der Waals surface area contributed by atoms with Crippen LogP contribution in [0.15, 0.2) is 38.0 Å². The molecule has 0 aromatic carbocycles. The largest absolute Gasteiger partial charge is 0.398 e. The maximum absolute atomic E-state index is 13.4. The van der Waals surface area contributed by atoms with E-state index in [2.05, 4.69) is 25.5 Å². The number of carbonyl (C=O) groups excluding carboxylic acids is 4. The lowest BCUT2D eigenvalue weighted by Crippen LogP contribution is -2.71. The maximum Gasteiger partial charge on any atom is 0.362 e. The fraction of sp³-hybridized carbons (Fsp3) is 0.435. The molecule has 0 saturated carbocycles. The van der Waals surface area contributed by atoms with Crippen LogP contribution < -0.4 is 16.6 Å². The minimum Gasteiger partial charge on any atom is -0.398 e. The number of esters is 2. The number of oxime groups is 1. The van der Waals surface area contributed by atoms with E-state index in [1.165, 1.54) is 33.8 Å². The van der Waals surface area contributed by atoms with Gasteiger partial charge in [0.15, 0.2) is 16.0 Å². The molecule has 2 aromatic rings. The van der Waals surface area contributed by atoms with Crippen molar-refractivity contribution < 1.29 is 28.8 Å². The summed E-state index contributed by atoms with van der Waals surface area (Å²) in [4.78, 5) is 77.9. The lowest BCUT2D eigenvalue weighted by molar-refractivity contribution is -0.166. The van der Waals surface area contributed by atoms with Gasteiger partial charge in [0.05, 0.1) is 5.41 Å². The van der Waals surface area contributed by atoms with Gasteiger partial charge in [-0.1, -0.05) is 16.9 Å². The number of β-lactam (4-membered cyclic amide) rings is 1. The zero-order chi connectivity index (χ0) is 30.1. The third kappa shape index (κ3) is 6.43. The Labute approximate surface area is 245 Å². The van der Waals surface area contributed by atoms with Gasteiger partial charge in [-0.25, -0.2) is 14.5 Å². The molecule has 2 aliphatic rings. The van der Waals surface area contributed by atoms with Crippen molar-refractivity contribution in [3.05, 3.63) is 38.9 Å². The zero-order valence-electron chi connectivity index (χ0n) is 22.6. The first kappa shape index (κ1) is 30.2. The summed E-state index contributed by atoms with van der Waals surface area (Å²) >= 11 is 3.54. The van der Waals surface area contributed by atoms with E-state index >= 15 is 0 Å².